The Kier molecular flexibility index (Phi) is 3.48. The second-order valence-electron chi connectivity index (χ2n) is 5.27. The van der Waals surface area contributed by atoms with Gasteiger partial charge in [0.15, 0.2) is 9.84 Å². The summed E-state index contributed by atoms with van der Waals surface area (Å²) >= 11 is 0. The molecule has 8 heteroatoms. The smallest absolute Gasteiger partial charge is 0.257 e. The Morgan fingerprint density at radius 2 is 2.14 bits per heavy atom. The van der Waals surface area contributed by atoms with Gasteiger partial charge in [-0.05, 0) is 18.6 Å². The number of carbonyl (C=O) groups is 1. The monoisotopic (exact) mass is 324 g/mol. The molecule has 1 aromatic heterocycles. The van der Waals surface area contributed by atoms with E-state index in [0.29, 0.717) is 6.42 Å². The second-order valence-corrected chi connectivity index (χ2v) is 7.50. The minimum atomic E-state index is -3.12. The van der Waals surface area contributed by atoms with Gasteiger partial charge in [-0.2, -0.15) is 0 Å². The lowest BCUT2D eigenvalue weighted by Gasteiger charge is -2.10. The van der Waals surface area contributed by atoms with Crippen molar-refractivity contribution in [2.75, 3.05) is 11.5 Å². The Morgan fingerprint density at radius 1 is 1.36 bits per heavy atom. The molecule has 0 spiro atoms. The van der Waals surface area contributed by atoms with E-state index in [1.165, 1.54) is 18.2 Å². The van der Waals surface area contributed by atoms with Crippen LogP contribution in [0, 0.1) is 5.82 Å². The molecule has 2 aromatic rings. The summed E-state index contributed by atoms with van der Waals surface area (Å²) in [5.41, 5.74) is -0.721. The van der Waals surface area contributed by atoms with Crippen LogP contribution in [0.3, 0.4) is 0 Å². The summed E-state index contributed by atoms with van der Waals surface area (Å²) in [4.78, 5) is 27.0. The molecule has 116 valence electrons. The highest BCUT2D eigenvalue weighted by Crippen LogP contribution is 2.14. The molecule has 2 heterocycles. The van der Waals surface area contributed by atoms with Crippen molar-refractivity contribution in [3.05, 3.63) is 46.0 Å². The molecule has 2 N–H and O–H groups in total. The van der Waals surface area contributed by atoms with Gasteiger partial charge in [0.2, 0.25) is 5.43 Å². The molecule has 0 aliphatic carbocycles. The summed E-state index contributed by atoms with van der Waals surface area (Å²) in [6.45, 7) is 0. The zero-order valence-corrected chi connectivity index (χ0v) is 12.2. The van der Waals surface area contributed by atoms with Crippen LogP contribution in [0.4, 0.5) is 4.39 Å². The molecule has 0 bridgehead atoms. The number of para-hydroxylation sites is 1. The number of aromatic nitrogens is 1. The van der Waals surface area contributed by atoms with Crippen molar-refractivity contribution in [2.45, 2.75) is 12.5 Å². The SMILES string of the molecule is O=C(N[C@@H]1CCS(=O)(=O)C1)c1c[nH]c2c(F)cccc2c1=O. The number of sulfone groups is 1. The van der Waals surface area contributed by atoms with Crippen molar-refractivity contribution in [3.63, 3.8) is 0 Å². The minimum Gasteiger partial charge on any atom is -0.358 e. The Hall–Kier alpha value is -2.22. The summed E-state index contributed by atoms with van der Waals surface area (Å²) in [7, 11) is -3.12. The molecule has 1 fully saturated rings. The van der Waals surface area contributed by atoms with Crippen LogP contribution in [-0.4, -0.2) is 36.9 Å². The van der Waals surface area contributed by atoms with Gasteiger partial charge in [0.05, 0.1) is 17.0 Å². The predicted molar refractivity (Wildman–Crippen MR) is 79.1 cm³/mol. The molecule has 22 heavy (non-hydrogen) atoms. The molecule has 0 radical (unpaired) electrons. The fraction of sp³-hybridized carbons (Fsp3) is 0.286. The number of nitrogens with one attached hydrogen (secondary N) is 2. The summed E-state index contributed by atoms with van der Waals surface area (Å²) in [6, 6.07) is 3.52. The number of fused-ring (bicyclic) bond motifs is 1. The van der Waals surface area contributed by atoms with Crippen molar-refractivity contribution in [1.29, 1.82) is 0 Å². The first-order valence-electron chi connectivity index (χ1n) is 6.68. The highest BCUT2D eigenvalue weighted by molar-refractivity contribution is 7.91. The number of amides is 1. The van der Waals surface area contributed by atoms with Gasteiger partial charge >= 0.3 is 0 Å². The summed E-state index contributed by atoms with van der Waals surface area (Å²) in [6.07, 6.45) is 1.47. The molecule has 1 aliphatic heterocycles. The highest BCUT2D eigenvalue weighted by Gasteiger charge is 2.29. The topological polar surface area (TPSA) is 96.1 Å². The number of hydrogen-bond donors (Lipinski definition) is 2. The Balaban J connectivity index is 1.92. The maximum absolute atomic E-state index is 13.6. The van der Waals surface area contributed by atoms with E-state index in [2.05, 4.69) is 10.3 Å². The maximum Gasteiger partial charge on any atom is 0.257 e. The number of benzene rings is 1. The fourth-order valence-corrected chi connectivity index (χ4v) is 4.23. The van der Waals surface area contributed by atoms with Gasteiger partial charge in [-0.25, -0.2) is 12.8 Å². The van der Waals surface area contributed by atoms with E-state index in [9.17, 15) is 22.4 Å². The van der Waals surface area contributed by atoms with Crippen molar-refractivity contribution < 1.29 is 17.6 Å². The summed E-state index contributed by atoms with van der Waals surface area (Å²) in [5, 5.41) is 2.61. The van der Waals surface area contributed by atoms with Crippen LogP contribution in [0.15, 0.2) is 29.2 Å². The molecule has 6 nitrogen and oxygen atoms in total. The van der Waals surface area contributed by atoms with Crippen molar-refractivity contribution in [2.24, 2.45) is 0 Å². The number of carbonyl (C=O) groups excluding carboxylic acids is 1. The van der Waals surface area contributed by atoms with Crippen LogP contribution < -0.4 is 10.7 Å². The third-order valence-corrected chi connectivity index (χ3v) is 5.44. The zero-order chi connectivity index (χ0) is 15.9. The normalized spacial score (nSPS) is 20.1. The maximum atomic E-state index is 13.6. The van der Waals surface area contributed by atoms with Crippen LogP contribution in [0.5, 0.6) is 0 Å². The molecular weight excluding hydrogens is 311 g/mol. The van der Waals surface area contributed by atoms with Crippen molar-refractivity contribution >= 4 is 26.6 Å². The molecule has 3 rings (SSSR count). The number of halogens is 1. The van der Waals surface area contributed by atoms with E-state index in [1.54, 1.807) is 0 Å². The Bertz CT molecular complexity index is 920. The number of rotatable bonds is 2. The molecule has 1 saturated heterocycles. The largest absolute Gasteiger partial charge is 0.358 e. The predicted octanol–water partition coefficient (Wildman–Crippen LogP) is 0.584. The standard InChI is InChI=1S/C14H13FN2O4S/c15-11-3-1-2-9-12(11)16-6-10(13(9)18)14(19)17-8-4-5-22(20,21)7-8/h1-3,6,8H,4-5,7H2,(H,16,18)(H,17,19)/t8-/m1/s1. The van der Waals surface area contributed by atoms with Gasteiger partial charge in [0.1, 0.15) is 11.4 Å². The van der Waals surface area contributed by atoms with E-state index in [4.69, 9.17) is 0 Å². The fourth-order valence-electron chi connectivity index (χ4n) is 2.56. The van der Waals surface area contributed by atoms with Gasteiger partial charge in [-0.1, -0.05) is 6.07 Å². The molecule has 1 aromatic carbocycles. The molecule has 1 amide bonds. The number of H-pyrrole nitrogens is 1. The Morgan fingerprint density at radius 3 is 2.82 bits per heavy atom. The second kappa shape index (κ2) is 5.20. The summed E-state index contributed by atoms with van der Waals surface area (Å²) < 4.78 is 36.3. The highest BCUT2D eigenvalue weighted by atomic mass is 32.2. The molecule has 1 aliphatic rings. The lowest BCUT2D eigenvalue weighted by molar-refractivity contribution is 0.0940. The van der Waals surface area contributed by atoms with Crippen LogP contribution in [0.1, 0.15) is 16.8 Å². The zero-order valence-electron chi connectivity index (χ0n) is 11.4. The van der Waals surface area contributed by atoms with E-state index in [0.717, 1.165) is 6.20 Å². The lowest BCUT2D eigenvalue weighted by Crippen LogP contribution is -2.38. The number of aromatic amines is 1. The van der Waals surface area contributed by atoms with Crippen LogP contribution in [-0.2, 0) is 9.84 Å². The van der Waals surface area contributed by atoms with Crippen molar-refractivity contribution in [3.8, 4) is 0 Å². The average molecular weight is 324 g/mol. The first-order valence-corrected chi connectivity index (χ1v) is 8.51. The van der Waals surface area contributed by atoms with Gasteiger partial charge in [0, 0.05) is 17.6 Å². The molecule has 0 unspecified atom stereocenters. The van der Waals surface area contributed by atoms with Crippen LogP contribution in [0.2, 0.25) is 0 Å². The first-order chi connectivity index (χ1) is 10.4. The lowest BCUT2D eigenvalue weighted by atomic mass is 10.1. The third kappa shape index (κ3) is 2.61. The Labute approximate surface area is 125 Å². The van der Waals surface area contributed by atoms with Crippen molar-refractivity contribution in [1.82, 2.24) is 10.3 Å². The van der Waals surface area contributed by atoms with Gasteiger partial charge in [-0.3, -0.25) is 9.59 Å². The van der Waals surface area contributed by atoms with Crippen LogP contribution in [0.25, 0.3) is 10.9 Å². The number of pyridine rings is 1. The number of hydrogen-bond acceptors (Lipinski definition) is 4. The molecule has 1 atom stereocenters. The van der Waals surface area contributed by atoms with E-state index < -0.39 is 33.0 Å². The van der Waals surface area contributed by atoms with E-state index >= 15 is 0 Å². The van der Waals surface area contributed by atoms with E-state index in [-0.39, 0.29) is 28.0 Å². The first kappa shape index (κ1) is 14.7. The third-order valence-electron chi connectivity index (χ3n) is 3.68. The van der Waals surface area contributed by atoms with Gasteiger partial charge < -0.3 is 10.3 Å². The minimum absolute atomic E-state index is 0.0250. The van der Waals surface area contributed by atoms with Crippen LogP contribution >= 0.6 is 0 Å². The summed E-state index contributed by atoms with van der Waals surface area (Å²) in [5.74, 6) is -1.34. The average Bonchev–Trinajstić information content (AvgIpc) is 2.79. The quantitative estimate of drug-likeness (QED) is 0.845. The van der Waals surface area contributed by atoms with E-state index in [1.807, 2.05) is 0 Å². The van der Waals surface area contributed by atoms with Gasteiger partial charge in [0.25, 0.3) is 5.91 Å². The molecular formula is C14H13FN2O4S. The molecule has 0 saturated carbocycles. The van der Waals surface area contributed by atoms with Gasteiger partial charge in [-0.15, -0.1) is 0 Å².